The fourth-order valence-corrected chi connectivity index (χ4v) is 1.80. The number of nitrogens with one attached hydrogen (secondary N) is 1. The van der Waals surface area contributed by atoms with Gasteiger partial charge in [-0.15, -0.1) is 0 Å². The number of hydrogen-bond acceptors (Lipinski definition) is 3. The van der Waals surface area contributed by atoms with E-state index < -0.39 is 0 Å². The summed E-state index contributed by atoms with van der Waals surface area (Å²) in [5.41, 5.74) is 6.52. The fraction of sp³-hybridized carbons (Fsp3) is 0.417. The van der Waals surface area contributed by atoms with Crippen molar-refractivity contribution in [2.75, 3.05) is 18.4 Å². The first kappa shape index (κ1) is 11.1. The molecule has 0 bridgehead atoms. The Labute approximate surface area is 95.4 Å². The van der Waals surface area contributed by atoms with Crippen molar-refractivity contribution in [2.24, 2.45) is 5.73 Å². The molecule has 86 valence electrons. The number of amides is 1. The molecule has 1 aliphatic heterocycles. The second kappa shape index (κ2) is 4.63. The van der Waals surface area contributed by atoms with Crippen LogP contribution in [0.25, 0.3) is 0 Å². The molecule has 2 rings (SSSR count). The Bertz CT molecular complexity index is 360. The molecule has 1 aliphatic rings. The van der Waals surface area contributed by atoms with Crippen molar-refractivity contribution >= 4 is 11.6 Å². The lowest BCUT2D eigenvalue weighted by Crippen LogP contribution is -2.61. The fourth-order valence-electron chi connectivity index (χ4n) is 1.80. The van der Waals surface area contributed by atoms with E-state index >= 15 is 0 Å². The lowest BCUT2D eigenvalue weighted by atomic mass is 10.1. The molecule has 0 saturated carbocycles. The number of carbonyl (C=O) groups is 1. The van der Waals surface area contributed by atoms with Crippen LogP contribution in [0, 0.1) is 0 Å². The third kappa shape index (κ3) is 2.40. The van der Waals surface area contributed by atoms with Crippen LogP contribution in [0.2, 0.25) is 0 Å². The smallest absolute Gasteiger partial charge is 0.241 e. The minimum atomic E-state index is -0.111. The number of para-hydroxylation sites is 1. The molecule has 4 heteroatoms. The number of anilines is 1. The van der Waals surface area contributed by atoms with Gasteiger partial charge in [-0.2, -0.15) is 0 Å². The van der Waals surface area contributed by atoms with Crippen molar-refractivity contribution in [3.63, 3.8) is 0 Å². The molecular weight excluding hydrogens is 202 g/mol. The van der Waals surface area contributed by atoms with Crippen LogP contribution in [-0.4, -0.2) is 36.0 Å². The van der Waals surface area contributed by atoms with E-state index in [9.17, 15) is 4.79 Å². The van der Waals surface area contributed by atoms with Gasteiger partial charge in [0.25, 0.3) is 0 Å². The maximum absolute atomic E-state index is 11.9. The van der Waals surface area contributed by atoms with Gasteiger partial charge in [0.15, 0.2) is 0 Å². The molecule has 1 aromatic rings. The van der Waals surface area contributed by atoms with Gasteiger partial charge in [-0.3, -0.25) is 9.69 Å². The monoisotopic (exact) mass is 219 g/mol. The van der Waals surface area contributed by atoms with Gasteiger partial charge in [0, 0.05) is 24.8 Å². The minimum Gasteiger partial charge on any atom is -0.325 e. The van der Waals surface area contributed by atoms with Crippen molar-refractivity contribution in [2.45, 2.75) is 19.0 Å². The molecule has 0 aliphatic carbocycles. The summed E-state index contributed by atoms with van der Waals surface area (Å²) in [6.45, 7) is 3.52. The molecule has 0 radical (unpaired) electrons. The summed E-state index contributed by atoms with van der Waals surface area (Å²) in [5.74, 6) is 0.0260. The molecule has 1 heterocycles. The summed E-state index contributed by atoms with van der Waals surface area (Å²) < 4.78 is 0. The van der Waals surface area contributed by atoms with Crippen molar-refractivity contribution in [3.8, 4) is 0 Å². The summed E-state index contributed by atoms with van der Waals surface area (Å²) >= 11 is 0. The van der Waals surface area contributed by atoms with Crippen LogP contribution in [0.4, 0.5) is 5.69 Å². The SMILES string of the molecule is CC(C(=O)Nc1ccccc1)N1CC(N)C1. The highest BCUT2D eigenvalue weighted by atomic mass is 16.2. The van der Waals surface area contributed by atoms with E-state index in [0.717, 1.165) is 18.8 Å². The lowest BCUT2D eigenvalue weighted by molar-refractivity contribution is -0.122. The van der Waals surface area contributed by atoms with E-state index in [1.165, 1.54) is 0 Å². The number of likely N-dealkylation sites (tertiary alicyclic amines) is 1. The zero-order valence-corrected chi connectivity index (χ0v) is 9.39. The third-order valence-corrected chi connectivity index (χ3v) is 2.91. The van der Waals surface area contributed by atoms with Crippen LogP contribution in [0.3, 0.4) is 0 Å². The molecule has 0 spiro atoms. The molecule has 0 aromatic heterocycles. The third-order valence-electron chi connectivity index (χ3n) is 2.91. The summed E-state index contributed by atoms with van der Waals surface area (Å²) in [7, 11) is 0. The molecule has 1 unspecified atom stereocenters. The van der Waals surface area contributed by atoms with Gasteiger partial charge in [-0.1, -0.05) is 18.2 Å². The molecular formula is C12H17N3O. The zero-order chi connectivity index (χ0) is 11.5. The van der Waals surface area contributed by atoms with E-state index in [2.05, 4.69) is 10.2 Å². The van der Waals surface area contributed by atoms with Crippen molar-refractivity contribution in [1.82, 2.24) is 4.90 Å². The number of benzene rings is 1. The number of nitrogens with two attached hydrogens (primary N) is 1. The second-order valence-electron chi connectivity index (χ2n) is 4.25. The van der Waals surface area contributed by atoms with Gasteiger partial charge in [-0.05, 0) is 19.1 Å². The topological polar surface area (TPSA) is 58.4 Å². The highest BCUT2D eigenvalue weighted by Gasteiger charge is 2.30. The van der Waals surface area contributed by atoms with Gasteiger partial charge in [0.1, 0.15) is 0 Å². The van der Waals surface area contributed by atoms with Crippen LogP contribution in [0.5, 0.6) is 0 Å². The predicted molar refractivity (Wildman–Crippen MR) is 64.1 cm³/mol. The summed E-state index contributed by atoms with van der Waals surface area (Å²) in [6, 6.07) is 9.61. The Morgan fingerprint density at radius 2 is 2.06 bits per heavy atom. The molecule has 1 amide bonds. The minimum absolute atomic E-state index is 0.0260. The molecule has 3 N–H and O–H groups in total. The second-order valence-corrected chi connectivity index (χ2v) is 4.25. The quantitative estimate of drug-likeness (QED) is 0.785. The molecule has 4 nitrogen and oxygen atoms in total. The Kier molecular flexibility index (Phi) is 3.22. The van der Waals surface area contributed by atoms with Crippen molar-refractivity contribution in [1.29, 1.82) is 0 Å². The Hall–Kier alpha value is -1.39. The van der Waals surface area contributed by atoms with Crippen LogP contribution >= 0.6 is 0 Å². The van der Waals surface area contributed by atoms with Gasteiger partial charge < -0.3 is 11.1 Å². The van der Waals surface area contributed by atoms with E-state index in [1.54, 1.807) is 0 Å². The van der Waals surface area contributed by atoms with Crippen LogP contribution < -0.4 is 11.1 Å². The van der Waals surface area contributed by atoms with Crippen LogP contribution in [0.15, 0.2) is 30.3 Å². The average molecular weight is 219 g/mol. The number of rotatable bonds is 3. The van der Waals surface area contributed by atoms with Crippen molar-refractivity contribution in [3.05, 3.63) is 30.3 Å². The normalized spacial score (nSPS) is 18.9. The summed E-state index contributed by atoms with van der Waals surface area (Å²) in [5, 5.41) is 2.88. The predicted octanol–water partition coefficient (Wildman–Crippen LogP) is 0.656. The maximum Gasteiger partial charge on any atom is 0.241 e. The van der Waals surface area contributed by atoms with E-state index in [-0.39, 0.29) is 18.0 Å². The lowest BCUT2D eigenvalue weighted by Gasteiger charge is -2.40. The van der Waals surface area contributed by atoms with E-state index in [4.69, 9.17) is 5.73 Å². The highest BCUT2D eigenvalue weighted by molar-refractivity contribution is 5.94. The Balaban J connectivity index is 1.88. The van der Waals surface area contributed by atoms with E-state index in [0.29, 0.717) is 0 Å². The Morgan fingerprint density at radius 1 is 1.44 bits per heavy atom. The standard InChI is InChI=1S/C12H17N3O/c1-9(15-7-10(13)8-15)12(16)14-11-5-3-2-4-6-11/h2-6,9-10H,7-8,13H2,1H3,(H,14,16). The maximum atomic E-state index is 11.9. The summed E-state index contributed by atoms with van der Waals surface area (Å²) in [6.07, 6.45) is 0. The molecule has 16 heavy (non-hydrogen) atoms. The van der Waals surface area contributed by atoms with Gasteiger partial charge in [-0.25, -0.2) is 0 Å². The molecule has 1 aromatic carbocycles. The molecule has 1 fully saturated rings. The van der Waals surface area contributed by atoms with Gasteiger partial charge >= 0.3 is 0 Å². The number of carbonyl (C=O) groups excluding carboxylic acids is 1. The molecule has 1 atom stereocenters. The van der Waals surface area contributed by atoms with Gasteiger partial charge in [0.2, 0.25) is 5.91 Å². The molecule has 1 saturated heterocycles. The largest absolute Gasteiger partial charge is 0.325 e. The first-order valence-electron chi connectivity index (χ1n) is 5.52. The highest BCUT2D eigenvalue weighted by Crippen LogP contribution is 2.13. The van der Waals surface area contributed by atoms with Gasteiger partial charge in [0.05, 0.1) is 6.04 Å². The van der Waals surface area contributed by atoms with E-state index in [1.807, 2.05) is 37.3 Å². The number of hydrogen-bond donors (Lipinski definition) is 2. The first-order chi connectivity index (χ1) is 7.66. The average Bonchev–Trinajstić information content (AvgIpc) is 2.25. The Morgan fingerprint density at radius 3 is 2.62 bits per heavy atom. The zero-order valence-electron chi connectivity index (χ0n) is 9.39. The summed E-state index contributed by atoms with van der Waals surface area (Å²) in [4.78, 5) is 13.9. The first-order valence-corrected chi connectivity index (χ1v) is 5.52. The van der Waals surface area contributed by atoms with Crippen LogP contribution in [-0.2, 0) is 4.79 Å². The van der Waals surface area contributed by atoms with Crippen LogP contribution in [0.1, 0.15) is 6.92 Å². The number of nitrogens with zero attached hydrogens (tertiary/aromatic N) is 1. The van der Waals surface area contributed by atoms with Crippen molar-refractivity contribution < 1.29 is 4.79 Å².